The summed E-state index contributed by atoms with van der Waals surface area (Å²) in [6, 6.07) is 6.01. The van der Waals surface area contributed by atoms with Gasteiger partial charge in [-0.3, -0.25) is 0 Å². The predicted octanol–water partition coefficient (Wildman–Crippen LogP) is 4.08. The number of rotatable bonds is 1. The highest BCUT2D eigenvalue weighted by molar-refractivity contribution is 5.31. The summed E-state index contributed by atoms with van der Waals surface area (Å²) >= 11 is 0. The molecule has 1 aromatic rings. The second kappa shape index (κ2) is 4.57. The third-order valence-electron chi connectivity index (χ3n) is 3.71. The normalized spacial score (nSPS) is 29.3. The smallest absolute Gasteiger partial charge is 0.305 e. The Balaban J connectivity index is 2.33. The number of benzene rings is 1. The average Bonchev–Trinajstić information content (AvgIpc) is 2.28. The van der Waals surface area contributed by atoms with Crippen LogP contribution < -0.4 is 5.32 Å². The van der Waals surface area contributed by atoms with Crippen LogP contribution in [0, 0.1) is 0 Å². The van der Waals surface area contributed by atoms with Crippen molar-refractivity contribution >= 4 is 0 Å². The molecule has 0 amide bonds. The molecule has 0 spiro atoms. The van der Waals surface area contributed by atoms with Crippen LogP contribution in [0.3, 0.4) is 0 Å². The Morgan fingerprint density at radius 2 is 2.06 bits per heavy atom. The van der Waals surface area contributed by atoms with Gasteiger partial charge in [0.2, 0.25) is 0 Å². The summed E-state index contributed by atoms with van der Waals surface area (Å²) in [4.78, 5) is 0. The van der Waals surface area contributed by atoms with Crippen molar-refractivity contribution in [1.29, 1.82) is 0 Å². The topological polar surface area (TPSA) is 12.0 Å². The molecule has 4 heteroatoms. The maximum absolute atomic E-state index is 12.7. The van der Waals surface area contributed by atoms with Crippen molar-refractivity contribution in [3.8, 4) is 0 Å². The summed E-state index contributed by atoms with van der Waals surface area (Å²) in [7, 11) is 0. The zero-order chi connectivity index (χ0) is 13.4. The van der Waals surface area contributed by atoms with Gasteiger partial charge in [-0.2, -0.15) is 13.2 Å². The Kier molecular flexibility index (Phi) is 3.41. The van der Waals surface area contributed by atoms with Crippen LogP contribution in [0.2, 0.25) is 0 Å². The summed E-state index contributed by atoms with van der Waals surface area (Å²) in [5, 5.41) is 3.42. The lowest BCUT2D eigenvalue weighted by Crippen LogP contribution is -2.48. The Bertz CT molecular complexity index is 427. The van der Waals surface area contributed by atoms with E-state index >= 15 is 0 Å². The fourth-order valence-electron chi connectivity index (χ4n) is 2.72. The third-order valence-corrected chi connectivity index (χ3v) is 3.71. The van der Waals surface area contributed by atoms with E-state index in [1.54, 1.807) is 6.07 Å². The van der Waals surface area contributed by atoms with Gasteiger partial charge in [0.1, 0.15) is 0 Å². The molecule has 0 aliphatic carbocycles. The van der Waals surface area contributed by atoms with E-state index in [4.69, 9.17) is 0 Å². The number of piperidine rings is 1. The summed E-state index contributed by atoms with van der Waals surface area (Å²) in [5.74, 6) is 0. The fourth-order valence-corrected chi connectivity index (χ4v) is 2.72. The Hall–Kier alpha value is -1.03. The summed E-state index contributed by atoms with van der Waals surface area (Å²) in [6.45, 7) is 4.06. The second-order valence-corrected chi connectivity index (χ2v) is 5.35. The van der Waals surface area contributed by atoms with E-state index in [0.29, 0.717) is 6.04 Å². The molecule has 1 saturated heterocycles. The van der Waals surface area contributed by atoms with Crippen molar-refractivity contribution in [2.75, 3.05) is 0 Å². The van der Waals surface area contributed by atoms with Crippen molar-refractivity contribution in [1.82, 2.24) is 5.32 Å². The minimum atomic E-state index is -4.27. The molecule has 18 heavy (non-hydrogen) atoms. The molecule has 1 N–H and O–H groups in total. The maximum atomic E-state index is 12.7. The van der Waals surface area contributed by atoms with E-state index < -0.39 is 11.7 Å². The van der Waals surface area contributed by atoms with E-state index in [1.165, 1.54) is 12.1 Å². The molecule has 1 nitrogen and oxygen atoms in total. The Labute approximate surface area is 105 Å². The molecule has 100 valence electrons. The van der Waals surface area contributed by atoms with Crippen LogP contribution in [0.5, 0.6) is 0 Å². The zero-order valence-corrected chi connectivity index (χ0v) is 10.6. The van der Waals surface area contributed by atoms with Gasteiger partial charge in [0.25, 0.3) is 0 Å². The SMILES string of the molecule is CC1CCCC(C)(c2cccc(C(F)(F)F)c2)N1. The van der Waals surface area contributed by atoms with E-state index in [2.05, 4.69) is 12.2 Å². The lowest BCUT2D eigenvalue weighted by atomic mass is 9.81. The molecular formula is C14H18F3N. The van der Waals surface area contributed by atoms with Crippen LogP contribution in [0.15, 0.2) is 24.3 Å². The molecule has 0 aromatic heterocycles. The Morgan fingerprint density at radius 1 is 1.33 bits per heavy atom. The van der Waals surface area contributed by atoms with Crippen molar-refractivity contribution in [3.05, 3.63) is 35.4 Å². The maximum Gasteiger partial charge on any atom is 0.416 e. The van der Waals surface area contributed by atoms with Gasteiger partial charge in [0.05, 0.1) is 5.56 Å². The van der Waals surface area contributed by atoms with E-state index in [9.17, 15) is 13.2 Å². The van der Waals surface area contributed by atoms with Gasteiger partial charge in [-0.25, -0.2) is 0 Å². The van der Waals surface area contributed by atoms with Crippen LogP contribution in [0.25, 0.3) is 0 Å². The highest BCUT2D eigenvalue weighted by Crippen LogP contribution is 2.35. The lowest BCUT2D eigenvalue weighted by Gasteiger charge is -2.39. The van der Waals surface area contributed by atoms with Gasteiger partial charge >= 0.3 is 6.18 Å². The average molecular weight is 257 g/mol. The molecule has 2 rings (SSSR count). The largest absolute Gasteiger partial charge is 0.416 e. The van der Waals surface area contributed by atoms with Crippen LogP contribution >= 0.6 is 0 Å². The van der Waals surface area contributed by atoms with Crippen molar-refractivity contribution in [3.63, 3.8) is 0 Å². The van der Waals surface area contributed by atoms with Gasteiger partial charge in [-0.1, -0.05) is 12.1 Å². The molecule has 1 fully saturated rings. The molecule has 0 saturated carbocycles. The van der Waals surface area contributed by atoms with Crippen LogP contribution in [-0.4, -0.2) is 6.04 Å². The van der Waals surface area contributed by atoms with Crippen molar-refractivity contribution in [2.24, 2.45) is 0 Å². The number of alkyl halides is 3. The minimum Gasteiger partial charge on any atom is -0.305 e. The number of halogens is 3. The van der Waals surface area contributed by atoms with E-state index in [0.717, 1.165) is 30.9 Å². The standard InChI is InChI=1S/C14H18F3N/c1-10-5-4-8-13(2,18-10)11-6-3-7-12(9-11)14(15,16)17/h3,6-7,9-10,18H,4-5,8H2,1-2H3. The van der Waals surface area contributed by atoms with E-state index in [-0.39, 0.29) is 5.54 Å². The first-order valence-corrected chi connectivity index (χ1v) is 6.27. The van der Waals surface area contributed by atoms with Gasteiger partial charge in [-0.05, 0) is 50.8 Å². The molecule has 1 aliphatic rings. The summed E-state index contributed by atoms with van der Waals surface area (Å²) < 4.78 is 38.1. The molecule has 1 aromatic carbocycles. The summed E-state index contributed by atoms with van der Waals surface area (Å²) in [6.07, 6.45) is -1.28. The van der Waals surface area contributed by atoms with Gasteiger partial charge in [0, 0.05) is 11.6 Å². The highest BCUT2D eigenvalue weighted by atomic mass is 19.4. The molecular weight excluding hydrogens is 239 g/mol. The van der Waals surface area contributed by atoms with Gasteiger partial charge in [-0.15, -0.1) is 0 Å². The molecule has 2 unspecified atom stereocenters. The first-order chi connectivity index (χ1) is 8.31. The van der Waals surface area contributed by atoms with Gasteiger partial charge < -0.3 is 5.32 Å². The van der Waals surface area contributed by atoms with Crippen molar-refractivity contribution in [2.45, 2.75) is 50.9 Å². The zero-order valence-electron chi connectivity index (χ0n) is 10.6. The molecule has 1 aliphatic heterocycles. The molecule has 0 radical (unpaired) electrons. The number of hydrogen-bond donors (Lipinski definition) is 1. The van der Waals surface area contributed by atoms with Crippen LogP contribution in [0.4, 0.5) is 13.2 Å². The molecule has 0 bridgehead atoms. The fraction of sp³-hybridized carbons (Fsp3) is 0.571. The van der Waals surface area contributed by atoms with Crippen LogP contribution in [0.1, 0.15) is 44.2 Å². The minimum absolute atomic E-state index is 0.346. The predicted molar refractivity (Wildman–Crippen MR) is 65.2 cm³/mol. The van der Waals surface area contributed by atoms with Crippen molar-refractivity contribution < 1.29 is 13.2 Å². The summed E-state index contributed by atoms with van der Waals surface area (Å²) in [5.41, 5.74) is -0.191. The highest BCUT2D eigenvalue weighted by Gasteiger charge is 2.35. The quantitative estimate of drug-likeness (QED) is 0.799. The second-order valence-electron chi connectivity index (χ2n) is 5.35. The van der Waals surface area contributed by atoms with Crippen LogP contribution in [-0.2, 0) is 11.7 Å². The Morgan fingerprint density at radius 3 is 2.67 bits per heavy atom. The lowest BCUT2D eigenvalue weighted by molar-refractivity contribution is -0.137. The third kappa shape index (κ3) is 2.69. The van der Waals surface area contributed by atoms with Gasteiger partial charge in [0.15, 0.2) is 0 Å². The number of hydrogen-bond acceptors (Lipinski definition) is 1. The first kappa shape index (κ1) is 13.4. The monoisotopic (exact) mass is 257 g/mol. The number of nitrogens with one attached hydrogen (secondary N) is 1. The molecule has 1 heterocycles. The molecule has 2 atom stereocenters. The van der Waals surface area contributed by atoms with E-state index in [1.807, 2.05) is 6.92 Å². The first-order valence-electron chi connectivity index (χ1n) is 6.27.